The van der Waals surface area contributed by atoms with Crippen LogP contribution < -0.4 is 10.2 Å². The molecule has 0 aliphatic heterocycles. The maximum absolute atomic E-state index is 6.02. The van der Waals surface area contributed by atoms with E-state index < -0.39 is 0 Å². The number of nitrogens with zero attached hydrogens (tertiary/aromatic N) is 3. The van der Waals surface area contributed by atoms with Gasteiger partial charge in [0.1, 0.15) is 5.82 Å². The van der Waals surface area contributed by atoms with Gasteiger partial charge in [0, 0.05) is 24.6 Å². The third kappa shape index (κ3) is 3.73. The van der Waals surface area contributed by atoms with Crippen LogP contribution in [0, 0.1) is 0 Å². The minimum atomic E-state index is 0.481. The van der Waals surface area contributed by atoms with Crippen molar-refractivity contribution in [2.75, 3.05) is 17.3 Å². The maximum Gasteiger partial charge on any atom is 0.229 e. The van der Waals surface area contributed by atoms with Crippen molar-refractivity contribution in [2.24, 2.45) is 0 Å². The summed E-state index contributed by atoms with van der Waals surface area (Å²) in [5, 5.41) is 4.12. The highest BCUT2D eigenvalue weighted by molar-refractivity contribution is 6.42. The van der Waals surface area contributed by atoms with Crippen molar-refractivity contribution in [2.45, 2.75) is 0 Å². The van der Waals surface area contributed by atoms with Gasteiger partial charge in [0.2, 0.25) is 5.95 Å². The molecule has 0 amide bonds. The average Bonchev–Trinajstić information content (AvgIpc) is 2.58. The minimum absolute atomic E-state index is 0.481. The predicted molar refractivity (Wildman–Crippen MR) is 96.3 cm³/mol. The van der Waals surface area contributed by atoms with E-state index in [0.717, 1.165) is 17.2 Å². The Kier molecular flexibility index (Phi) is 4.65. The summed E-state index contributed by atoms with van der Waals surface area (Å²) in [4.78, 5) is 10.7. The second-order valence-electron chi connectivity index (χ2n) is 4.89. The summed E-state index contributed by atoms with van der Waals surface area (Å²) in [7, 11) is 1.96. The number of hydrogen-bond donors (Lipinski definition) is 1. The Morgan fingerprint density at radius 3 is 2.48 bits per heavy atom. The average molecular weight is 345 g/mol. The monoisotopic (exact) mass is 344 g/mol. The van der Waals surface area contributed by atoms with Crippen LogP contribution in [0.15, 0.2) is 60.8 Å². The molecule has 1 aromatic heterocycles. The predicted octanol–water partition coefficient (Wildman–Crippen LogP) is 5.29. The van der Waals surface area contributed by atoms with Crippen molar-refractivity contribution >= 4 is 46.3 Å². The fraction of sp³-hybridized carbons (Fsp3) is 0.0588. The van der Waals surface area contributed by atoms with Gasteiger partial charge in [-0.1, -0.05) is 41.4 Å². The van der Waals surface area contributed by atoms with E-state index in [4.69, 9.17) is 23.2 Å². The van der Waals surface area contributed by atoms with Crippen LogP contribution in [0.5, 0.6) is 0 Å². The number of rotatable bonds is 4. The molecule has 0 unspecified atom stereocenters. The van der Waals surface area contributed by atoms with Gasteiger partial charge >= 0.3 is 0 Å². The Hall–Kier alpha value is -2.30. The largest absolute Gasteiger partial charge is 0.329 e. The zero-order valence-corrected chi connectivity index (χ0v) is 13.9. The van der Waals surface area contributed by atoms with E-state index in [9.17, 15) is 0 Å². The SMILES string of the molecule is CN(c1ccccc1)c1ccnc(Nc2ccc(Cl)c(Cl)c2)n1. The Morgan fingerprint density at radius 2 is 1.74 bits per heavy atom. The van der Waals surface area contributed by atoms with E-state index in [1.54, 1.807) is 18.3 Å². The number of halogens is 2. The van der Waals surface area contributed by atoms with Gasteiger partial charge in [0.15, 0.2) is 0 Å². The van der Waals surface area contributed by atoms with Crippen LogP contribution in [-0.2, 0) is 0 Å². The van der Waals surface area contributed by atoms with E-state index in [-0.39, 0.29) is 0 Å². The number of aromatic nitrogens is 2. The van der Waals surface area contributed by atoms with Gasteiger partial charge in [-0.05, 0) is 36.4 Å². The van der Waals surface area contributed by atoms with Crippen molar-refractivity contribution in [3.05, 3.63) is 70.8 Å². The number of benzene rings is 2. The third-order valence-corrected chi connectivity index (χ3v) is 4.04. The number of para-hydroxylation sites is 1. The van der Waals surface area contributed by atoms with Crippen LogP contribution in [0.2, 0.25) is 10.0 Å². The Balaban J connectivity index is 1.83. The molecule has 2 aromatic carbocycles. The van der Waals surface area contributed by atoms with Crippen molar-refractivity contribution in [1.29, 1.82) is 0 Å². The molecule has 6 heteroatoms. The molecule has 0 saturated heterocycles. The number of hydrogen-bond acceptors (Lipinski definition) is 4. The lowest BCUT2D eigenvalue weighted by atomic mass is 10.3. The quantitative estimate of drug-likeness (QED) is 0.697. The first kappa shape index (κ1) is 15.6. The second-order valence-corrected chi connectivity index (χ2v) is 5.70. The summed E-state index contributed by atoms with van der Waals surface area (Å²) in [6.45, 7) is 0. The third-order valence-electron chi connectivity index (χ3n) is 3.30. The van der Waals surface area contributed by atoms with Crippen molar-refractivity contribution < 1.29 is 0 Å². The summed E-state index contributed by atoms with van der Waals surface area (Å²) in [5.41, 5.74) is 1.82. The van der Waals surface area contributed by atoms with Crippen molar-refractivity contribution in [3.8, 4) is 0 Å². The molecule has 0 fully saturated rings. The Morgan fingerprint density at radius 1 is 0.957 bits per heavy atom. The molecule has 4 nitrogen and oxygen atoms in total. The van der Waals surface area contributed by atoms with E-state index in [1.165, 1.54) is 0 Å². The molecular formula is C17H14Cl2N4. The highest BCUT2D eigenvalue weighted by Crippen LogP contribution is 2.27. The highest BCUT2D eigenvalue weighted by Gasteiger charge is 2.07. The zero-order valence-electron chi connectivity index (χ0n) is 12.4. The second kappa shape index (κ2) is 6.86. The molecule has 3 rings (SSSR count). The molecule has 1 N–H and O–H groups in total. The first-order valence-electron chi connectivity index (χ1n) is 6.97. The topological polar surface area (TPSA) is 41.1 Å². The van der Waals surface area contributed by atoms with Crippen LogP contribution in [0.4, 0.5) is 23.1 Å². The van der Waals surface area contributed by atoms with Crippen LogP contribution >= 0.6 is 23.2 Å². The lowest BCUT2D eigenvalue weighted by Gasteiger charge is -2.18. The first-order chi connectivity index (χ1) is 11.1. The van der Waals surface area contributed by atoms with Crippen molar-refractivity contribution in [1.82, 2.24) is 9.97 Å². The van der Waals surface area contributed by atoms with Gasteiger partial charge in [-0.15, -0.1) is 0 Å². The van der Waals surface area contributed by atoms with Crippen molar-refractivity contribution in [3.63, 3.8) is 0 Å². The Bertz CT molecular complexity index is 809. The minimum Gasteiger partial charge on any atom is -0.329 e. The molecule has 23 heavy (non-hydrogen) atoms. The molecule has 116 valence electrons. The fourth-order valence-corrected chi connectivity index (χ4v) is 2.38. The molecule has 0 aliphatic rings. The lowest BCUT2D eigenvalue weighted by molar-refractivity contribution is 1.08. The van der Waals surface area contributed by atoms with Crippen LogP contribution in [-0.4, -0.2) is 17.0 Å². The van der Waals surface area contributed by atoms with E-state index in [0.29, 0.717) is 16.0 Å². The zero-order chi connectivity index (χ0) is 16.2. The van der Waals surface area contributed by atoms with Gasteiger partial charge in [-0.3, -0.25) is 0 Å². The fourth-order valence-electron chi connectivity index (χ4n) is 2.08. The van der Waals surface area contributed by atoms with Gasteiger partial charge in [-0.25, -0.2) is 4.98 Å². The van der Waals surface area contributed by atoms with Gasteiger partial charge in [0.25, 0.3) is 0 Å². The lowest BCUT2D eigenvalue weighted by Crippen LogP contribution is -2.12. The standard InChI is InChI=1S/C17H14Cl2N4/c1-23(13-5-3-2-4-6-13)16-9-10-20-17(22-16)21-12-7-8-14(18)15(19)11-12/h2-11H,1H3,(H,20,21,22). The molecular weight excluding hydrogens is 331 g/mol. The van der Waals surface area contributed by atoms with Crippen LogP contribution in [0.3, 0.4) is 0 Å². The summed E-state index contributed by atoms with van der Waals surface area (Å²) < 4.78 is 0. The van der Waals surface area contributed by atoms with Gasteiger partial charge in [-0.2, -0.15) is 4.98 Å². The Labute approximate surface area is 144 Å². The highest BCUT2D eigenvalue weighted by atomic mass is 35.5. The number of anilines is 4. The summed E-state index contributed by atoms with van der Waals surface area (Å²) >= 11 is 11.9. The molecule has 0 aliphatic carbocycles. The maximum atomic E-state index is 6.02. The molecule has 0 atom stereocenters. The molecule has 0 radical (unpaired) electrons. The van der Waals surface area contributed by atoms with E-state index in [2.05, 4.69) is 15.3 Å². The van der Waals surface area contributed by atoms with Gasteiger partial charge in [0.05, 0.1) is 10.0 Å². The molecule has 0 saturated carbocycles. The molecule has 3 aromatic rings. The first-order valence-corrected chi connectivity index (χ1v) is 7.73. The van der Waals surface area contributed by atoms with Gasteiger partial charge < -0.3 is 10.2 Å². The molecule has 0 spiro atoms. The summed E-state index contributed by atoms with van der Waals surface area (Å²) in [6.07, 6.45) is 1.71. The molecule has 1 heterocycles. The normalized spacial score (nSPS) is 10.4. The summed E-state index contributed by atoms with van der Waals surface area (Å²) in [6, 6.07) is 17.1. The van der Waals surface area contributed by atoms with Crippen LogP contribution in [0.25, 0.3) is 0 Å². The summed E-state index contributed by atoms with van der Waals surface area (Å²) in [5.74, 6) is 1.28. The smallest absolute Gasteiger partial charge is 0.229 e. The number of nitrogens with one attached hydrogen (secondary N) is 1. The van der Waals surface area contributed by atoms with E-state index in [1.807, 2.05) is 54.4 Å². The molecule has 0 bridgehead atoms. The van der Waals surface area contributed by atoms with E-state index >= 15 is 0 Å². The van der Waals surface area contributed by atoms with Crippen LogP contribution in [0.1, 0.15) is 0 Å².